The molecule has 0 spiro atoms. The van der Waals surface area contributed by atoms with Gasteiger partial charge < -0.3 is 9.30 Å². The lowest BCUT2D eigenvalue weighted by atomic mass is 10.2. The molecule has 1 N–H and O–H groups in total. The third-order valence-corrected chi connectivity index (χ3v) is 5.38. The van der Waals surface area contributed by atoms with Gasteiger partial charge >= 0.3 is 0 Å². The number of methoxy groups -OCH3 is 1. The predicted octanol–water partition coefficient (Wildman–Crippen LogP) is 4.99. The van der Waals surface area contributed by atoms with Crippen LogP contribution in [0.25, 0.3) is 21.8 Å². The quantitative estimate of drug-likeness (QED) is 0.326. The molecule has 5 rings (SSSR count). The summed E-state index contributed by atoms with van der Waals surface area (Å²) in [6, 6.07) is 24.5. The normalized spacial score (nSPS) is 11.6. The Hall–Kier alpha value is -3.71. The van der Waals surface area contributed by atoms with E-state index in [-0.39, 0.29) is 0 Å². The molecule has 0 atom stereocenters. The Bertz CT molecular complexity index is 1390. The standard InChI is InChI=1S/C23H19N5OS/c1-29-17-8-6-7-16(13-17)14-24-28-22(25-26-23(28)30)15-27-20-11-4-2-9-18(20)19-10-3-5-12-21(19)27/h2-14H,15H2,1H3,(H,26,30)/b24-14+. The molecule has 5 aromatic rings. The fourth-order valence-corrected chi connectivity index (χ4v) is 3.91. The molecule has 0 bridgehead atoms. The van der Waals surface area contributed by atoms with Crippen molar-refractivity contribution in [1.82, 2.24) is 19.4 Å². The lowest BCUT2D eigenvalue weighted by molar-refractivity contribution is 0.414. The third-order valence-electron chi connectivity index (χ3n) is 5.11. The summed E-state index contributed by atoms with van der Waals surface area (Å²) in [5.41, 5.74) is 3.21. The molecule has 0 amide bonds. The molecule has 7 heteroatoms. The van der Waals surface area contributed by atoms with E-state index < -0.39 is 0 Å². The lowest BCUT2D eigenvalue weighted by Gasteiger charge is -2.07. The summed E-state index contributed by atoms with van der Waals surface area (Å²) >= 11 is 5.42. The zero-order valence-electron chi connectivity index (χ0n) is 16.3. The van der Waals surface area contributed by atoms with Gasteiger partial charge in [-0.1, -0.05) is 48.5 Å². The van der Waals surface area contributed by atoms with Crippen molar-refractivity contribution >= 4 is 40.2 Å². The first kappa shape index (κ1) is 18.3. The van der Waals surface area contributed by atoms with Crippen molar-refractivity contribution in [3.63, 3.8) is 0 Å². The van der Waals surface area contributed by atoms with Crippen molar-refractivity contribution in [2.45, 2.75) is 6.54 Å². The van der Waals surface area contributed by atoms with Crippen LogP contribution in [0.4, 0.5) is 0 Å². The number of hydrogen-bond donors (Lipinski definition) is 1. The highest BCUT2D eigenvalue weighted by atomic mass is 32.1. The number of aromatic amines is 1. The largest absolute Gasteiger partial charge is 0.497 e. The van der Waals surface area contributed by atoms with E-state index in [1.807, 2.05) is 24.3 Å². The number of aromatic nitrogens is 4. The SMILES string of the molecule is COc1cccc(/C=N/n2c(Cn3c4ccccc4c4ccccc43)n[nH]c2=S)c1. The second kappa shape index (κ2) is 7.61. The molecule has 6 nitrogen and oxygen atoms in total. The highest BCUT2D eigenvalue weighted by Gasteiger charge is 2.13. The summed E-state index contributed by atoms with van der Waals surface area (Å²) in [6.07, 6.45) is 1.75. The van der Waals surface area contributed by atoms with E-state index in [1.165, 1.54) is 10.8 Å². The Balaban J connectivity index is 1.57. The summed E-state index contributed by atoms with van der Waals surface area (Å²) in [5, 5.41) is 14.3. The number of H-pyrrole nitrogens is 1. The molecule has 0 aliphatic heterocycles. The van der Waals surface area contributed by atoms with Crippen molar-refractivity contribution in [2.75, 3.05) is 7.11 Å². The topological polar surface area (TPSA) is 60.1 Å². The molecule has 0 saturated carbocycles. The maximum absolute atomic E-state index is 5.42. The van der Waals surface area contributed by atoms with Gasteiger partial charge in [0.05, 0.1) is 19.9 Å². The van der Waals surface area contributed by atoms with Gasteiger partial charge in [-0.15, -0.1) is 0 Å². The van der Waals surface area contributed by atoms with Crippen LogP contribution in [-0.4, -0.2) is 32.8 Å². The van der Waals surface area contributed by atoms with E-state index in [2.05, 4.69) is 68.4 Å². The van der Waals surface area contributed by atoms with Gasteiger partial charge in [0.1, 0.15) is 5.75 Å². The molecule has 0 aliphatic rings. The minimum Gasteiger partial charge on any atom is -0.497 e. The number of ether oxygens (including phenoxy) is 1. The summed E-state index contributed by atoms with van der Waals surface area (Å²) in [4.78, 5) is 0. The third kappa shape index (κ3) is 3.19. The number of hydrogen-bond acceptors (Lipinski definition) is 4. The first-order chi connectivity index (χ1) is 14.7. The fourth-order valence-electron chi connectivity index (χ4n) is 3.71. The zero-order chi connectivity index (χ0) is 20.5. The van der Waals surface area contributed by atoms with Gasteiger partial charge in [0.25, 0.3) is 0 Å². The monoisotopic (exact) mass is 413 g/mol. The Kier molecular flexibility index (Phi) is 4.65. The van der Waals surface area contributed by atoms with Crippen molar-refractivity contribution < 1.29 is 4.74 Å². The smallest absolute Gasteiger partial charge is 0.216 e. The number of fused-ring (bicyclic) bond motifs is 3. The lowest BCUT2D eigenvalue weighted by Crippen LogP contribution is -2.06. The number of nitrogens with one attached hydrogen (secondary N) is 1. The van der Waals surface area contributed by atoms with Gasteiger partial charge in [0.2, 0.25) is 4.77 Å². The van der Waals surface area contributed by atoms with Crippen LogP contribution in [0.15, 0.2) is 77.9 Å². The van der Waals surface area contributed by atoms with Gasteiger partial charge in [-0.25, -0.2) is 0 Å². The maximum Gasteiger partial charge on any atom is 0.216 e. The molecule has 2 aromatic heterocycles. The second-order valence-corrected chi connectivity index (χ2v) is 7.29. The highest BCUT2D eigenvalue weighted by molar-refractivity contribution is 7.71. The van der Waals surface area contributed by atoms with Crippen molar-refractivity contribution in [3.8, 4) is 5.75 Å². The first-order valence-corrected chi connectivity index (χ1v) is 9.96. The maximum atomic E-state index is 5.42. The molecule has 0 saturated heterocycles. The van der Waals surface area contributed by atoms with E-state index in [1.54, 1.807) is 18.0 Å². The summed E-state index contributed by atoms with van der Waals surface area (Å²) < 4.78 is 9.64. The summed E-state index contributed by atoms with van der Waals surface area (Å²) in [7, 11) is 1.65. The Labute approximate surface area is 178 Å². The average molecular weight is 414 g/mol. The number of para-hydroxylation sites is 2. The van der Waals surface area contributed by atoms with E-state index in [0.29, 0.717) is 11.3 Å². The molecule has 0 radical (unpaired) electrons. The van der Waals surface area contributed by atoms with Gasteiger partial charge in [-0.05, 0) is 42.0 Å². The fraction of sp³-hybridized carbons (Fsp3) is 0.0870. The van der Waals surface area contributed by atoms with Crippen LogP contribution in [-0.2, 0) is 6.54 Å². The van der Waals surface area contributed by atoms with Gasteiger partial charge in [-0.2, -0.15) is 14.9 Å². The van der Waals surface area contributed by atoms with Crippen molar-refractivity contribution in [1.29, 1.82) is 0 Å². The second-order valence-electron chi connectivity index (χ2n) is 6.90. The minimum absolute atomic E-state index is 0.449. The van der Waals surface area contributed by atoms with E-state index >= 15 is 0 Å². The molecule has 30 heavy (non-hydrogen) atoms. The Morgan fingerprint density at radius 2 is 1.70 bits per heavy atom. The van der Waals surface area contributed by atoms with Crippen molar-refractivity contribution in [2.24, 2.45) is 5.10 Å². The molecule has 148 valence electrons. The van der Waals surface area contributed by atoms with Gasteiger partial charge in [0, 0.05) is 21.8 Å². The van der Waals surface area contributed by atoms with Gasteiger partial charge in [-0.3, -0.25) is 5.10 Å². The van der Waals surface area contributed by atoms with Gasteiger partial charge in [0.15, 0.2) is 5.82 Å². The molecule has 3 aromatic carbocycles. The van der Waals surface area contributed by atoms with Crippen LogP contribution in [0.3, 0.4) is 0 Å². The van der Waals surface area contributed by atoms with Crippen LogP contribution in [0, 0.1) is 4.77 Å². The average Bonchev–Trinajstić information content (AvgIpc) is 3.30. The van der Waals surface area contributed by atoms with E-state index in [4.69, 9.17) is 17.0 Å². The van der Waals surface area contributed by atoms with Crippen LogP contribution >= 0.6 is 12.2 Å². The van der Waals surface area contributed by atoms with Crippen LogP contribution in [0.1, 0.15) is 11.4 Å². The Morgan fingerprint density at radius 3 is 2.40 bits per heavy atom. The van der Waals surface area contributed by atoms with Crippen molar-refractivity contribution in [3.05, 3.63) is 89.0 Å². The highest BCUT2D eigenvalue weighted by Crippen LogP contribution is 2.29. The Morgan fingerprint density at radius 1 is 1.00 bits per heavy atom. The molecular weight excluding hydrogens is 394 g/mol. The predicted molar refractivity (Wildman–Crippen MR) is 122 cm³/mol. The number of benzene rings is 3. The molecule has 0 fully saturated rings. The van der Waals surface area contributed by atoms with E-state index in [9.17, 15) is 0 Å². The first-order valence-electron chi connectivity index (χ1n) is 9.55. The molecule has 2 heterocycles. The van der Waals surface area contributed by atoms with E-state index in [0.717, 1.165) is 28.2 Å². The molecule has 0 aliphatic carbocycles. The van der Waals surface area contributed by atoms with Crippen LogP contribution in [0.2, 0.25) is 0 Å². The minimum atomic E-state index is 0.449. The number of rotatable bonds is 5. The number of nitrogens with zero attached hydrogens (tertiary/aromatic N) is 4. The summed E-state index contributed by atoms with van der Waals surface area (Å²) in [6.45, 7) is 0.538. The summed E-state index contributed by atoms with van der Waals surface area (Å²) in [5.74, 6) is 1.51. The van der Waals surface area contributed by atoms with Crippen LogP contribution in [0.5, 0.6) is 5.75 Å². The zero-order valence-corrected chi connectivity index (χ0v) is 17.1. The molecule has 0 unspecified atom stereocenters. The van der Waals surface area contributed by atoms with Crippen LogP contribution < -0.4 is 4.74 Å². The molecular formula is C23H19N5OS.